The quantitative estimate of drug-likeness (QED) is 0.558. The molecular formula is C7H14BrNO. The Labute approximate surface area is 70.5 Å². The molecule has 0 aliphatic carbocycles. The Morgan fingerprint density at radius 1 is 1.40 bits per heavy atom. The van der Waals surface area contributed by atoms with Crippen molar-refractivity contribution >= 4 is 15.9 Å². The Kier molecular flexibility index (Phi) is 4.34. The van der Waals surface area contributed by atoms with Crippen LogP contribution in [-0.4, -0.2) is 25.2 Å². The molecule has 0 unspecified atom stereocenters. The van der Waals surface area contributed by atoms with Crippen molar-refractivity contribution in [1.82, 2.24) is 5.32 Å². The summed E-state index contributed by atoms with van der Waals surface area (Å²) in [5.74, 6) is 0.839. The summed E-state index contributed by atoms with van der Waals surface area (Å²) in [5, 5.41) is 3.28. The molecule has 1 aliphatic heterocycles. The third-order valence-corrected chi connectivity index (χ3v) is 2.26. The van der Waals surface area contributed by atoms with Gasteiger partial charge < -0.3 is 10.1 Å². The van der Waals surface area contributed by atoms with E-state index in [-0.39, 0.29) is 0 Å². The van der Waals surface area contributed by atoms with Gasteiger partial charge in [-0.25, -0.2) is 0 Å². The third-order valence-electron chi connectivity index (χ3n) is 1.87. The van der Waals surface area contributed by atoms with Crippen molar-refractivity contribution in [3.63, 3.8) is 0 Å². The number of alkyl halides is 1. The average molecular weight is 208 g/mol. The maximum Gasteiger partial charge on any atom is 0.0517 e. The largest absolute Gasteiger partial charge is 0.381 e. The van der Waals surface area contributed by atoms with Gasteiger partial charge in [0.2, 0.25) is 0 Å². The summed E-state index contributed by atoms with van der Waals surface area (Å²) in [5.41, 5.74) is 0.907. The highest BCUT2D eigenvalue weighted by molar-refractivity contribution is 9.09. The van der Waals surface area contributed by atoms with Crippen LogP contribution < -0.4 is 5.32 Å². The van der Waals surface area contributed by atoms with Gasteiger partial charge in [0.05, 0.1) is 5.45 Å². The van der Waals surface area contributed by atoms with Gasteiger partial charge in [0.1, 0.15) is 0 Å². The minimum atomic E-state index is 0.839. The van der Waals surface area contributed by atoms with E-state index in [1.165, 1.54) is 12.8 Å². The summed E-state index contributed by atoms with van der Waals surface area (Å²) in [6.07, 6.45) is 2.44. The van der Waals surface area contributed by atoms with Crippen molar-refractivity contribution < 1.29 is 4.74 Å². The molecule has 0 aromatic rings. The first kappa shape index (κ1) is 8.50. The van der Waals surface area contributed by atoms with Gasteiger partial charge in [-0.05, 0) is 25.3 Å². The van der Waals surface area contributed by atoms with Gasteiger partial charge >= 0.3 is 0 Å². The number of halogens is 1. The molecule has 1 N–H and O–H groups in total. The predicted octanol–water partition coefficient (Wildman–Crippen LogP) is 1.35. The fraction of sp³-hybridized carbons (Fsp3) is 1.00. The molecule has 0 bridgehead atoms. The maximum absolute atomic E-state index is 5.24. The lowest BCUT2D eigenvalue weighted by Crippen LogP contribution is -2.26. The molecule has 1 saturated heterocycles. The normalized spacial score (nSPS) is 21.3. The second-order valence-electron chi connectivity index (χ2n) is 2.64. The number of nitrogens with one attached hydrogen (secondary N) is 1. The van der Waals surface area contributed by atoms with Gasteiger partial charge in [0.25, 0.3) is 0 Å². The summed E-state index contributed by atoms with van der Waals surface area (Å²) in [4.78, 5) is 0. The molecule has 60 valence electrons. The molecule has 0 aromatic carbocycles. The Balaban J connectivity index is 2.02. The zero-order valence-corrected chi connectivity index (χ0v) is 7.69. The van der Waals surface area contributed by atoms with Crippen LogP contribution in [0.5, 0.6) is 0 Å². The maximum atomic E-state index is 5.24. The zero-order chi connectivity index (χ0) is 7.23. The van der Waals surface area contributed by atoms with E-state index in [4.69, 9.17) is 4.74 Å². The van der Waals surface area contributed by atoms with E-state index < -0.39 is 0 Å². The molecular weight excluding hydrogens is 194 g/mol. The van der Waals surface area contributed by atoms with Crippen LogP contribution in [0.2, 0.25) is 0 Å². The Bertz CT molecular complexity index is 83.7. The number of hydrogen-bond acceptors (Lipinski definition) is 2. The zero-order valence-electron chi connectivity index (χ0n) is 6.11. The molecule has 1 fully saturated rings. The van der Waals surface area contributed by atoms with Crippen molar-refractivity contribution in [3.05, 3.63) is 0 Å². The van der Waals surface area contributed by atoms with Crippen LogP contribution in [0.3, 0.4) is 0 Å². The monoisotopic (exact) mass is 207 g/mol. The predicted molar refractivity (Wildman–Crippen MR) is 45.3 cm³/mol. The van der Waals surface area contributed by atoms with E-state index in [9.17, 15) is 0 Å². The molecule has 0 saturated carbocycles. The number of hydrogen-bond donors (Lipinski definition) is 1. The lowest BCUT2D eigenvalue weighted by molar-refractivity contribution is 0.0668. The molecule has 0 aromatic heterocycles. The Morgan fingerprint density at radius 3 is 2.70 bits per heavy atom. The van der Waals surface area contributed by atoms with Gasteiger partial charge in [-0.1, -0.05) is 15.9 Å². The van der Waals surface area contributed by atoms with Crippen LogP contribution >= 0.6 is 15.9 Å². The van der Waals surface area contributed by atoms with Crippen LogP contribution in [0.15, 0.2) is 0 Å². The first-order valence-electron chi connectivity index (χ1n) is 3.78. The summed E-state index contributed by atoms with van der Waals surface area (Å²) in [6, 6.07) is 0. The summed E-state index contributed by atoms with van der Waals surface area (Å²) in [6.45, 7) is 3.04. The average Bonchev–Trinajstić information content (AvgIpc) is 2.03. The van der Waals surface area contributed by atoms with Crippen molar-refractivity contribution in [3.8, 4) is 0 Å². The second kappa shape index (κ2) is 5.10. The van der Waals surface area contributed by atoms with E-state index in [2.05, 4.69) is 21.2 Å². The minimum Gasteiger partial charge on any atom is -0.381 e. The molecule has 0 radical (unpaired) electrons. The number of rotatable bonds is 3. The first-order chi connectivity index (χ1) is 4.93. The first-order valence-corrected chi connectivity index (χ1v) is 4.90. The molecule has 10 heavy (non-hydrogen) atoms. The summed E-state index contributed by atoms with van der Waals surface area (Å²) in [7, 11) is 0. The second-order valence-corrected chi connectivity index (χ2v) is 3.20. The smallest absolute Gasteiger partial charge is 0.0517 e. The van der Waals surface area contributed by atoms with Crippen LogP contribution in [-0.2, 0) is 4.74 Å². The standard InChI is InChI=1S/C7H14BrNO/c8-6-9-5-7-1-3-10-4-2-7/h7,9H,1-6H2. The fourth-order valence-corrected chi connectivity index (χ4v) is 1.44. The highest BCUT2D eigenvalue weighted by Gasteiger charge is 2.12. The summed E-state index contributed by atoms with van der Waals surface area (Å²) >= 11 is 3.33. The van der Waals surface area contributed by atoms with E-state index >= 15 is 0 Å². The van der Waals surface area contributed by atoms with E-state index in [1.807, 2.05) is 0 Å². The molecule has 1 aliphatic rings. The van der Waals surface area contributed by atoms with Crippen molar-refractivity contribution in [2.45, 2.75) is 12.8 Å². The van der Waals surface area contributed by atoms with Crippen molar-refractivity contribution in [1.29, 1.82) is 0 Å². The van der Waals surface area contributed by atoms with Crippen molar-refractivity contribution in [2.24, 2.45) is 5.92 Å². The summed E-state index contributed by atoms with van der Waals surface area (Å²) < 4.78 is 5.24. The van der Waals surface area contributed by atoms with Gasteiger partial charge in [0.15, 0.2) is 0 Å². The molecule has 0 atom stereocenters. The molecule has 0 amide bonds. The SMILES string of the molecule is BrCNCC1CCOCC1. The van der Waals surface area contributed by atoms with Crippen LogP contribution in [0.25, 0.3) is 0 Å². The van der Waals surface area contributed by atoms with Gasteiger partial charge in [-0.15, -0.1) is 0 Å². The van der Waals surface area contributed by atoms with Gasteiger partial charge in [0, 0.05) is 13.2 Å². The fourth-order valence-electron chi connectivity index (χ4n) is 1.21. The van der Waals surface area contributed by atoms with Gasteiger partial charge in [-0.3, -0.25) is 0 Å². The van der Waals surface area contributed by atoms with E-state index in [0.717, 1.165) is 31.1 Å². The highest BCUT2D eigenvalue weighted by Crippen LogP contribution is 2.12. The minimum absolute atomic E-state index is 0.839. The Morgan fingerprint density at radius 2 is 2.10 bits per heavy atom. The number of ether oxygens (including phenoxy) is 1. The third kappa shape index (κ3) is 2.99. The van der Waals surface area contributed by atoms with E-state index in [1.54, 1.807) is 0 Å². The molecule has 2 nitrogen and oxygen atoms in total. The molecule has 1 heterocycles. The van der Waals surface area contributed by atoms with Crippen molar-refractivity contribution in [2.75, 3.05) is 25.2 Å². The van der Waals surface area contributed by atoms with Gasteiger partial charge in [-0.2, -0.15) is 0 Å². The van der Waals surface area contributed by atoms with Crippen LogP contribution in [0, 0.1) is 5.92 Å². The Hall–Kier alpha value is 0.400. The highest BCUT2D eigenvalue weighted by atomic mass is 79.9. The lowest BCUT2D eigenvalue weighted by atomic mass is 10.0. The topological polar surface area (TPSA) is 21.3 Å². The molecule has 0 spiro atoms. The lowest BCUT2D eigenvalue weighted by Gasteiger charge is -2.21. The van der Waals surface area contributed by atoms with E-state index in [0.29, 0.717) is 0 Å². The molecule has 3 heteroatoms. The molecule has 1 rings (SSSR count). The van der Waals surface area contributed by atoms with Crippen LogP contribution in [0.1, 0.15) is 12.8 Å². The van der Waals surface area contributed by atoms with Crippen LogP contribution in [0.4, 0.5) is 0 Å².